The van der Waals surface area contributed by atoms with Crippen LogP contribution in [0.3, 0.4) is 0 Å². The average Bonchev–Trinajstić information content (AvgIpc) is 3.18. The molecular formula is C18H25ClN2O3. The van der Waals surface area contributed by atoms with Gasteiger partial charge in [0.1, 0.15) is 5.75 Å². The van der Waals surface area contributed by atoms with E-state index >= 15 is 0 Å². The third kappa shape index (κ3) is 4.62. The number of ether oxygens (including phenoxy) is 1. The van der Waals surface area contributed by atoms with Crippen LogP contribution >= 0.6 is 11.6 Å². The standard InChI is InChI=1S/C18H25ClN2O3/c19-13-4-6-15(7-5-13)24-11-9-18(23)20-16-2-1-3-17(16)21-10-8-14(22)12-21/h4-7,14,16-17,22H,1-3,8-12H2,(H,20,23)/t14?,16-,17+/m1/s1. The first-order valence-electron chi connectivity index (χ1n) is 8.71. The molecule has 0 bridgehead atoms. The van der Waals surface area contributed by atoms with Crippen LogP contribution in [0.5, 0.6) is 5.75 Å². The first-order chi connectivity index (χ1) is 11.6. The Labute approximate surface area is 147 Å². The number of carbonyl (C=O) groups excluding carboxylic acids is 1. The van der Waals surface area contributed by atoms with Gasteiger partial charge in [-0.15, -0.1) is 0 Å². The molecule has 1 unspecified atom stereocenters. The van der Waals surface area contributed by atoms with Crippen LogP contribution in [-0.4, -0.2) is 53.8 Å². The molecule has 1 aromatic carbocycles. The lowest BCUT2D eigenvalue weighted by Gasteiger charge is -2.29. The summed E-state index contributed by atoms with van der Waals surface area (Å²) in [7, 11) is 0. The van der Waals surface area contributed by atoms with Crippen molar-refractivity contribution >= 4 is 17.5 Å². The summed E-state index contributed by atoms with van der Waals surface area (Å²) < 4.78 is 5.57. The molecule has 1 amide bonds. The molecule has 24 heavy (non-hydrogen) atoms. The maximum Gasteiger partial charge on any atom is 0.223 e. The van der Waals surface area contributed by atoms with Crippen LogP contribution in [0, 0.1) is 0 Å². The highest BCUT2D eigenvalue weighted by atomic mass is 35.5. The normalized spacial score (nSPS) is 27.3. The van der Waals surface area contributed by atoms with Crippen molar-refractivity contribution < 1.29 is 14.6 Å². The molecule has 2 aliphatic rings. The van der Waals surface area contributed by atoms with Crippen molar-refractivity contribution in [3.05, 3.63) is 29.3 Å². The van der Waals surface area contributed by atoms with Gasteiger partial charge < -0.3 is 15.2 Å². The zero-order chi connectivity index (χ0) is 16.9. The molecular weight excluding hydrogens is 328 g/mol. The molecule has 1 aromatic rings. The van der Waals surface area contributed by atoms with Gasteiger partial charge in [0.15, 0.2) is 0 Å². The number of carbonyl (C=O) groups is 1. The first kappa shape index (κ1) is 17.5. The number of nitrogens with zero attached hydrogens (tertiary/aromatic N) is 1. The lowest BCUT2D eigenvalue weighted by Crippen LogP contribution is -2.48. The van der Waals surface area contributed by atoms with Gasteiger partial charge in [0.25, 0.3) is 0 Å². The highest BCUT2D eigenvalue weighted by Gasteiger charge is 2.36. The number of aliphatic hydroxyl groups excluding tert-OH is 1. The number of likely N-dealkylation sites (tertiary alicyclic amines) is 1. The van der Waals surface area contributed by atoms with Gasteiger partial charge in [-0.3, -0.25) is 9.69 Å². The first-order valence-corrected chi connectivity index (χ1v) is 9.09. The van der Waals surface area contributed by atoms with Gasteiger partial charge in [-0.1, -0.05) is 11.6 Å². The fourth-order valence-corrected chi connectivity index (χ4v) is 3.81. The van der Waals surface area contributed by atoms with E-state index in [2.05, 4.69) is 10.2 Å². The Bertz CT molecular complexity index is 552. The van der Waals surface area contributed by atoms with Gasteiger partial charge in [-0.2, -0.15) is 0 Å². The lowest BCUT2D eigenvalue weighted by atomic mass is 10.1. The summed E-state index contributed by atoms with van der Waals surface area (Å²) in [5, 5.41) is 13.5. The third-order valence-electron chi connectivity index (χ3n) is 4.90. The summed E-state index contributed by atoms with van der Waals surface area (Å²) >= 11 is 5.83. The number of halogens is 1. The van der Waals surface area contributed by atoms with Crippen molar-refractivity contribution in [1.29, 1.82) is 0 Å². The monoisotopic (exact) mass is 352 g/mol. The molecule has 3 rings (SSSR count). The van der Waals surface area contributed by atoms with Crippen LogP contribution < -0.4 is 10.1 Å². The molecule has 5 nitrogen and oxygen atoms in total. The van der Waals surface area contributed by atoms with Gasteiger partial charge >= 0.3 is 0 Å². The van der Waals surface area contributed by atoms with Gasteiger partial charge in [0, 0.05) is 30.2 Å². The smallest absolute Gasteiger partial charge is 0.223 e. The predicted octanol–water partition coefficient (Wildman–Crippen LogP) is 2.21. The quantitative estimate of drug-likeness (QED) is 0.824. The molecule has 6 heteroatoms. The second kappa shape index (κ2) is 8.19. The van der Waals surface area contributed by atoms with E-state index in [-0.39, 0.29) is 18.1 Å². The van der Waals surface area contributed by atoms with Crippen LogP contribution in [0.2, 0.25) is 5.02 Å². The van der Waals surface area contributed by atoms with Crippen molar-refractivity contribution in [3.63, 3.8) is 0 Å². The Morgan fingerprint density at radius 1 is 1.29 bits per heavy atom. The van der Waals surface area contributed by atoms with Gasteiger partial charge in [-0.25, -0.2) is 0 Å². The summed E-state index contributed by atoms with van der Waals surface area (Å²) in [6, 6.07) is 7.69. The Hall–Kier alpha value is -1.30. The maximum atomic E-state index is 12.2. The van der Waals surface area contributed by atoms with Gasteiger partial charge in [0.05, 0.1) is 19.1 Å². The molecule has 132 valence electrons. The van der Waals surface area contributed by atoms with Crippen LogP contribution in [0.1, 0.15) is 32.1 Å². The van der Waals surface area contributed by atoms with Crippen LogP contribution in [-0.2, 0) is 4.79 Å². The highest BCUT2D eigenvalue weighted by molar-refractivity contribution is 6.30. The average molecular weight is 353 g/mol. The largest absolute Gasteiger partial charge is 0.493 e. The molecule has 1 saturated heterocycles. The van der Waals surface area contributed by atoms with Crippen molar-refractivity contribution in [2.45, 2.75) is 50.3 Å². The number of β-amino-alcohol motifs (C(OH)–C–C–N with tert-alkyl or cyclic N) is 1. The molecule has 0 radical (unpaired) electrons. The summed E-state index contributed by atoms with van der Waals surface area (Å²) in [6.45, 7) is 2.02. The Kier molecular flexibility index (Phi) is 5.98. The highest BCUT2D eigenvalue weighted by Crippen LogP contribution is 2.27. The molecule has 1 aliphatic carbocycles. The SMILES string of the molecule is O=C(CCOc1ccc(Cl)cc1)N[C@@H]1CCC[C@@H]1N1CCC(O)C1. The molecule has 2 fully saturated rings. The van der Waals surface area contributed by atoms with E-state index < -0.39 is 0 Å². The van der Waals surface area contributed by atoms with E-state index in [1.54, 1.807) is 24.3 Å². The van der Waals surface area contributed by atoms with Crippen LogP contribution in [0.25, 0.3) is 0 Å². The molecule has 1 saturated carbocycles. The number of amides is 1. The van der Waals surface area contributed by atoms with Crippen molar-refractivity contribution in [2.75, 3.05) is 19.7 Å². The topological polar surface area (TPSA) is 61.8 Å². The minimum Gasteiger partial charge on any atom is -0.493 e. The van der Waals surface area contributed by atoms with Crippen molar-refractivity contribution in [3.8, 4) is 5.75 Å². The summed E-state index contributed by atoms with van der Waals surface area (Å²) in [6.07, 6.45) is 4.21. The molecule has 1 heterocycles. The van der Waals surface area contributed by atoms with Crippen molar-refractivity contribution in [2.24, 2.45) is 0 Å². The zero-order valence-electron chi connectivity index (χ0n) is 13.8. The second-order valence-corrected chi connectivity index (χ2v) is 7.10. The second-order valence-electron chi connectivity index (χ2n) is 6.66. The van der Waals surface area contributed by atoms with Crippen LogP contribution in [0.4, 0.5) is 0 Å². The van der Waals surface area contributed by atoms with Crippen molar-refractivity contribution in [1.82, 2.24) is 10.2 Å². The number of nitrogens with one attached hydrogen (secondary N) is 1. The van der Waals surface area contributed by atoms with Gasteiger partial charge in [0.2, 0.25) is 5.91 Å². The Morgan fingerprint density at radius 2 is 2.08 bits per heavy atom. The van der Waals surface area contributed by atoms with E-state index in [4.69, 9.17) is 16.3 Å². The van der Waals surface area contributed by atoms with E-state index in [0.29, 0.717) is 24.1 Å². The number of aliphatic hydroxyl groups is 1. The third-order valence-corrected chi connectivity index (χ3v) is 5.15. The van der Waals surface area contributed by atoms with E-state index in [1.807, 2.05) is 0 Å². The Morgan fingerprint density at radius 3 is 2.79 bits per heavy atom. The molecule has 2 N–H and O–H groups in total. The van der Waals surface area contributed by atoms with Gasteiger partial charge in [-0.05, 0) is 49.9 Å². The van der Waals surface area contributed by atoms with E-state index in [0.717, 1.165) is 44.5 Å². The molecule has 0 spiro atoms. The number of hydrogen-bond acceptors (Lipinski definition) is 4. The molecule has 3 atom stereocenters. The number of rotatable bonds is 6. The zero-order valence-corrected chi connectivity index (χ0v) is 14.5. The number of hydrogen-bond donors (Lipinski definition) is 2. The summed E-state index contributed by atoms with van der Waals surface area (Å²) in [4.78, 5) is 14.5. The minimum atomic E-state index is -0.213. The number of benzene rings is 1. The maximum absolute atomic E-state index is 12.2. The summed E-state index contributed by atoms with van der Waals surface area (Å²) in [5.74, 6) is 0.748. The predicted molar refractivity (Wildman–Crippen MR) is 93.3 cm³/mol. The minimum absolute atomic E-state index is 0.0283. The fourth-order valence-electron chi connectivity index (χ4n) is 3.69. The molecule has 1 aliphatic heterocycles. The summed E-state index contributed by atoms with van der Waals surface area (Å²) in [5.41, 5.74) is 0. The van der Waals surface area contributed by atoms with E-state index in [9.17, 15) is 9.90 Å². The Balaban J connectivity index is 1.41. The molecule has 0 aromatic heterocycles. The van der Waals surface area contributed by atoms with Crippen LogP contribution in [0.15, 0.2) is 24.3 Å². The fraction of sp³-hybridized carbons (Fsp3) is 0.611. The lowest BCUT2D eigenvalue weighted by molar-refractivity contribution is -0.122. The van der Waals surface area contributed by atoms with E-state index in [1.165, 1.54) is 0 Å².